The maximum atomic E-state index is 13.0. The van der Waals surface area contributed by atoms with Crippen LogP contribution in [0.5, 0.6) is 0 Å². The fourth-order valence-electron chi connectivity index (χ4n) is 2.85. The third kappa shape index (κ3) is 4.56. The minimum Gasteiger partial charge on any atom is -0.367 e. The molecular weight excluding hydrogens is 386 g/mol. The Kier molecular flexibility index (Phi) is 5.38. The summed E-state index contributed by atoms with van der Waals surface area (Å²) in [6.07, 6.45) is -2.73. The molecule has 10 heteroatoms. The lowest BCUT2D eigenvalue weighted by molar-refractivity contribution is -0.137. The molecule has 1 aliphatic rings. The molecule has 5 nitrogen and oxygen atoms in total. The third-order valence-corrected chi connectivity index (χ3v) is 6.26. The fraction of sp³-hybridized carbons (Fsp3) is 0.353. The average molecular weight is 403 g/mol. The molecule has 1 aromatic heterocycles. The number of pyridine rings is 1. The van der Waals surface area contributed by atoms with E-state index < -0.39 is 27.6 Å². The summed E-state index contributed by atoms with van der Waals surface area (Å²) in [5.41, 5.74) is -0.826. The molecule has 1 aliphatic heterocycles. The van der Waals surface area contributed by atoms with E-state index in [0.717, 1.165) is 24.4 Å². The molecule has 2 heterocycles. The SMILES string of the molecule is O=S(=O)(c1ccc(F)cc1)N1CCC(Nc2ccc(C(F)(F)F)cn2)CC1. The Labute approximate surface area is 154 Å². The van der Waals surface area contributed by atoms with Gasteiger partial charge in [0, 0.05) is 25.3 Å². The summed E-state index contributed by atoms with van der Waals surface area (Å²) in [5.74, 6) is -0.205. The van der Waals surface area contributed by atoms with Crippen molar-refractivity contribution in [2.75, 3.05) is 18.4 Å². The largest absolute Gasteiger partial charge is 0.417 e. The lowest BCUT2D eigenvalue weighted by Crippen LogP contribution is -2.42. The molecule has 0 aliphatic carbocycles. The number of anilines is 1. The van der Waals surface area contributed by atoms with Crippen molar-refractivity contribution in [2.45, 2.75) is 30.0 Å². The molecule has 3 rings (SSSR count). The lowest BCUT2D eigenvalue weighted by atomic mass is 10.1. The Morgan fingerprint density at radius 1 is 1.04 bits per heavy atom. The molecule has 1 N–H and O–H groups in total. The zero-order valence-electron chi connectivity index (χ0n) is 14.1. The quantitative estimate of drug-likeness (QED) is 0.794. The summed E-state index contributed by atoms with van der Waals surface area (Å²) in [5, 5.41) is 3.03. The van der Waals surface area contributed by atoms with Gasteiger partial charge in [-0.25, -0.2) is 17.8 Å². The van der Waals surface area contributed by atoms with Crippen molar-refractivity contribution in [2.24, 2.45) is 0 Å². The van der Waals surface area contributed by atoms with Gasteiger partial charge in [0.05, 0.1) is 10.5 Å². The highest BCUT2D eigenvalue weighted by molar-refractivity contribution is 7.89. The molecule has 0 unspecified atom stereocenters. The van der Waals surface area contributed by atoms with Gasteiger partial charge in [-0.3, -0.25) is 0 Å². The number of nitrogens with one attached hydrogen (secondary N) is 1. The Morgan fingerprint density at radius 3 is 2.19 bits per heavy atom. The molecular formula is C17H17F4N3O2S. The van der Waals surface area contributed by atoms with E-state index >= 15 is 0 Å². The topological polar surface area (TPSA) is 62.3 Å². The number of hydrogen-bond acceptors (Lipinski definition) is 4. The number of alkyl halides is 3. The normalized spacial score (nSPS) is 17.0. The predicted octanol–water partition coefficient (Wildman–Crippen LogP) is 3.50. The van der Waals surface area contributed by atoms with Crippen LogP contribution in [-0.4, -0.2) is 36.8 Å². The molecule has 0 bridgehead atoms. The second-order valence-electron chi connectivity index (χ2n) is 6.21. The van der Waals surface area contributed by atoms with E-state index in [0.29, 0.717) is 18.7 Å². The van der Waals surface area contributed by atoms with Gasteiger partial charge < -0.3 is 5.32 Å². The predicted molar refractivity (Wildman–Crippen MR) is 91.0 cm³/mol. The molecule has 0 amide bonds. The first kappa shape index (κ1) is 19.6. The van der Waals surface area contributed by atoms with Crippen LogP contribution >= 0.6 is 0 Å². The molecule has 0 saturated carbocycles. The Bertz CT molecular complexity index is 876. The first-order valence-corrected chi connectivity index (χ1v) is 9.66. The Morgan fingerprint density at radius 2 is 1.67 bits per heavy atom. The number of sulfonamides is 1. The van der Waals surface area contributed by atoms with Crippen LogP contribution in [0.3, 0.4) is 0 Å². The van der Waals surface area contributed by atoms with Gasteiger partial charge in [-0.05, 0) is 49.2 Å². The Hall–Kier alpha value is -2.20. The van der Waals surface area contributed by atoms with Gasteiger partial charge in [-0.15, -0.1) is 0 Å². The van der Waals surface area contributed by atoms with E-state index in [4.69, 9.17) is 0 Å². The monoisotopic (exact) mass is 403 g/mol. The fourth-order valence-corrected chi connectivity index (χ4v) is 4.32. The highest BCUT2D eigenvalue weighted by Gasteiger charge is 2.31. The van der Waals surface area contributed by atoms with Crippen molar-refractivity contribution in [3.8, 4) is 0 Å². The lowest BCUT2D eigenvalue weighted by Gasteiger charge is -2.31. The van der Waals surface area contributed by atoms with E-state index in [9.17, 15) is 26.0 Å². The van der Waals surface area contributed by atoms with Crippen LogP contribution in [0, 0.1) is 5.82 Å². The third-order valence-electron chi connectivity index (χ3n) is 4.35. The first-order valence-electron chi connectivity index (χ1n) is 8.22. The molecule has 27 heavy (non-hydrogen) atoms. The van der Waals surface area contributed by atoms with Crippen LogP contribution in [0.15, 0.2) is 47.5 Å². The van der Waals surface area contributed by atoms with Crippen LogP contribution in [0.2, 0.25) is 0 Å². The number of nitrogens with zero attached hydrogens (tertiary/aromatic N) is 2. The molecule has 146 valence electrons. The van der Waals surface area contributed by atoms with Crippen LogP contribution in [0.25, 0.3) is 0 Å². The van der Waals surface area contributed by atoms with Crippen LogP contribution in [0.1, 0.15) is 18.4 Å². The molecule has 0 radical (unpaired) electrons. The van der Waals surface area contributed by atoms with Crippen molar-refractivity contribution in [3.63, 3.8) is 0 Å². The van der Waals surface area contributed by atoms with Crippen LogP contribution in [-0.2, 0) is 16.2 Å². The number of rotatable bonds is 4. The number of aromatic nitrogens is 1. The molecule has 2 aromatic rings. The summed E-state index contributed by atoms with van der Waals surface area (Å²) < 4.78 is 77.1. The number of hydrogen-bond donors (Lipinski definition) is 1. The molecule has 0 spiro atoms. The number of piperidine rings is 1. The van der Waals surface area contributed by atoms with Crippen LogP contribution < -0.4 is 5.32 Å². The standard InChI is InChI=1S/C17H17F4N3O2S/c18-13-2-4-15(5-3-13)27(25,26)24-9-7-14(8-10-24)23-16-6-1-12(11-22-16)17(19,20)21/h1-6,11,14H,7-10H2,(H,22,23). The minimum absolute atomic E-state index is 0.0275. The van der Waals surface area contributed by atoms with E-state index in [2.05, 4.69) is 10.3 Å². The highest BCUT2D eigenvalue weighted by atomic mass is 32.2. The smallest absolute Gasteiger partial charge is 0.367 e. The van der Waals surface area contributed by atoms with Gasteiger partial charge in [-0.2, -0.15) is 17.5 Å². The van der Waals surface area contributed by atoms with Gasteiger partial charge in [-0.1, -0.05) is 0 Å². The van der Waals surface area contributed by atoms with E-state index in [-0.39, 0.29) is 24.0 Å². The van der Waals surface area contributed by atoms with Gasteiger partial charge in [0.25, 0.3) is 0 Å². The molecule has 1 saturated heterocycles. The van der Waals surface area contributed by atoms with Crippen molar-refractivity contribution in [3.05, 3.63) is 54.0 Å². The van der Waals surface area contributed by atoms with E-state index in [1.165, 1.54) is 22.5 Å². The maximum Gasteiger partial charge on any atom is 0.417 e. The Balaban J connectivity index is 1.59. The molecule has 1 fully saturated rings. The summed E-state index contributed by atoms with van der Waals surface area (Å²) >= 11 is 0. The summed E-state index contributed by atoms with van der Waals surface area (Å²) in [4.78, 5) is 3.79. The molecule has 1 aromatic carbocycles. The minimum atomic E-state index is -4.44. The van der Waals surface area contributed by atoms with Gasteiger partial charge in [0.2, 0.25) is 10.0 Å². The van der Waals surface area contributed by atoms with E-state index in [1.807, 2.05) is 0 Å². The second-order valence-corrected chi connectivity index (χ2v) is 8.14. The van der Waals surface area contributed by atoms with E-state index in [1.54, 1.807) is 0 Å². The zero-order chi connectivity index (χ0) is 19.7. The van der Waals surface area contributed by atoms with Crippen molar-refractivity contribution in [1.82, 2.24) is 9.29 Å². The van der Waals surface area contributed by atoms with Crippen LogP contribution in [0.4, 0.5) is 23.4 Å². The van der Waals surface area contributed by atoms with Crippen molar-refractivity contribution >= 4 is 15.8 Å². The molecule has 0 atom stereocenters. The summed E-state index contributed by atoms with van der Waals surface area (Å²) in [7, 11) is -3.70. The van der Waals surface area contributed by atoms with Crippen molar-refractivity contribution in [1.29, 1.82) is 0 Å². The maximum absolute atomic E-state index is 13.0. The number of benzene rings is 1. The van der Waals surface area contributed by atoms with Gasteiger partial charge in [0.1, 0.15) is 11.6 Å². The number of halogens is 4. The second kappa shape index (κ2) is 7.43. The average Bonchev–Trinajstić information content (AvgIpc) is 2.62. The van der Waals surface area contributed by atoms with Gasteiger partial charge in [0.15, 0.2) is 0 Å². The highest BCUT2D eigenvalue weighted by Crippen LogP contribution is 2.29. The first-order chi connectivity index (χ1) is 12.7. The van der Waals surface area contributed by atoms with Crippen molar-refractivity contribution < 1.29 is 26.0 Å². The zero-order valence-corrected chi connectivity index (χ0v) is 14.9. The summed E-state index contributed by atoms with van der Waals surface area (Å²) in [6, 6.07) is 6.74. The van der Waals surface area contributed by atoms with Gasteiger partial charge >= 0.3 is 6.18 Å². The summed E-state index contributed by atoms with van der Waals surface area (Å²) in [6.45, 7) is 0.496.